The zero-order valence-electron chi connectivity index (χ0n) is 20.4. The second-order valence-corrected chi connectivity index (χ2v) is 8.91. The van der Waals surface area contributed by atoms with Gasteiger partial charge >= 0.3 is 5.97 Å². The van der Waals surface area contributed by atoms with Crippen LogP contribution in [0.15, 0.2) is 60.7 Å². The first kappa shape index (κ1) is 23.7. The lowest BCUT2D eigenvalue weighted by Gasteiger charge is -2.30. The summed E-state index contributed by atoms with van der Waals surface area (Å²) in [4.78, 5) is 24.0. The maximum absolute atomic E-state index is 11.2. The van der Waals surface area contributed by atoms with Gasteiger partial charge in [-0.05, 0) is 39.5 Å². The Bertz CT molecular complexity index is 1150. The van der Waals surface area contributed by atoms with Crippen LogP contribution in [0.3, 0.4) is 0 Å². The quantitative estimate of drug-likeness (QED) is 0.234. The fourth-order valence-corrected chi connectivity index (χ4v) is 4.25. The van der Waals surface area contributed by atoms with Crippen LogP contribution in [0.2, 0.25) is 0 Å². The molecule has 0 radical (unpaired) electrons. The fraction of sp³-hybridized carbons (Fsp3) is 0.345. The molecule has 0 bridgehead atoms. The predicted molar refractivity (Wildman–Crippen MR) is 138 cm³/mol. The lowest BCUT2D eigenvalue weighted by molar-refractivity contribution is -0.139. The smallest absolute Gasteiger partial charge is 0.309 e. The van der Waals surface area contributed by atoms with Crippen LogP contribution in [-0.4, -0.2) is 36.1 Å². The van der Waals surface area contributed by atoms with E-state index in [0.29, 0.717) is 6.42 Å². The molecule has 0 N–H and O–H groups in total. The van der Waals surface area contributed by atoms with Gasteiger partial charge in [0.2, 0.25) is 0 Å². The Balaban J connectivity index is 1.61. The average Bonchev–Trinajstić information content (AvgIpc) is 2.86. The molecule has 0 atom stereocenters. The molecule has 5 heteroatoms. The summed E-state index contributed by atoms with van der Waals surface area (Å²) in [5.74, 6) is 0.806. The minimum absolute atomic E-state index is 0.204. The molecule has 1 aliphatic rings. The summed E-state index contributed by atoms with van der Waals surface area (Å²) in [6.07, 6.45) is 8.23. The van der Waals surface area contributed by atoms with Crippen molar-refractivity contribution in [3.8, 4) is 22.5 Å². The molecule has 34 heavy (non-hydrogen) atoms. The molecule has 1 aromatic heterocycles. The minimum Gasteiger partial charge on any atom is -0.469 e. The number of aromatic nitrogens is 2. The van der Waals surface area contributed by atoms with Gasteiger partial charge in [-0.2, -0.15) is 0 Å². The number of benzene rings is 2. The van der Waals surface area contributed by atoms with Crippen LogP contribution >= 0.6 is 0 Å². The van der Waals surface area contributed by atoms with E-state index in [4.69, 9.17) is 9.97 Å². The molecule has 0 spiro atoms. The summed E-state index contributed by atoms with van der Waals surface area (Å²) in [6, 6.07) is 17.1. The number of unbranched alkanes of at least 4 members (excludes halogenated alkanes) is 1. The van der Waals surface area contributed by atoms with Crippen LogP contribution in [0, 0.1) is 13.8 Å². The van der Waals surface area contributed by atoms with E-state index in [1.165, 1.54) is 18.2 Å². The highest BCUT2D eigenvalue weighted by Gasteiger charge is 2.23. The van der Waals surface area contributed by atoms with E-state index in [-0.39, 0.29) is 5.97 Å². The van der Waals surface area contributed by atoms with E-state index < -0.39 is 0 Å². The first-order valence-corrected chi connectivity index (χ1v) is 12.1. The number of nitrogens with zero attached hydrogens (tertiary/aromatic N) is 3. The molecule has 0 fully saturated rings. The van der Waals surface area contributed by atoms with Crippen LogP contribution < -0.4 is 4.90 Å². The number of fused-ring (bicyclic) bond motifs is 1. The lowest BCUT2D eigenvalue weighted by Crippen LogP contribution is -2.32. The van der Waals surface area contributed by atoms with Gasteiger partial charge in [0.1, 0.15) is 0 Å². The van der Waals surface area contributed by atoms with Gasteiger partial charge in [-0.1, -0.05) is 71.8 Å². The van der Waals surface area contributed by atoms with E-state index in [0.717, 1.165) is 72.8 Å². The van der Waals surface area contributed by atoms with Gasteiger partial charge in [-0.15, -0.1) is 0 Å². The first-order valence-electron chi connectivity index (χ1n) is 12.1. The molecule has 0 amide bonds. The van der Waals surface area contributed by atoms with Crippen molar-refractivity contribution in [3.05, 3.63) is 77.5 Å². The van der Waals surface area contributed by atoms with E-state index in [1.807, 2.05) is 6.08 Å². The monoisotopic (exact) mass is 455 g/mol. The van der Waals surface area contributed by atoms with Gasteiger partial charge in [0.15, 0.2) is 5.82 Å². The number of ether oxygens (including phenoxy) is 1. The summed E-state index contributed by atoms with van der Waals surface area (Å²) >= 11 is 0. The van der Waals surface area contributed by atoms with Crippen molar-refractivity contribution in [2.24, 2.45) is 0 Å². The Morgan fingerprint density at radius 3 is 2.18 bits per heavy atom. The summed E-state index contributed by atoms with van der Waals surface area (Å²) in [7, 11) is 1.42. The van der Waals surface area contributed by atoms with Crippen molar-refractivity contribution >= 4 is 11.8 Å². The number of hydrogen-bond donors (Lipinski definition) is 0. The molecule has 3 aromatic rings. The largest absolute Gasteiger partial charge is 0.469 e. The lowest BCUT2D eigenvalue weighted by atomic mass is 10.0. The Morgan fingerprint density at radius 1 is 0.941 bits per heavy atom. The molecule has 2 aromatic carbocycles. The molecular formula is C29H33N3O2. The number of esters is 1. The van der Waals surface area contributed by atoms with Crippen molar-refractivity contribution in [3.63, 3.8) is 0 Å². The summed E-state index contributed by atoms with van der Waals surface area (Å²) < 4.78 is 4.68. The van der Waals surface area contributed by atoms with Crippen molar-refractivity contribution < 1.29 is 9.53 Å². The highest BCUT2D eigenvalue weighted by Crippen LogP contribution is 2.35. The van der Waals surface area contributed by atoms with E-state index >= 15 is 0 Å². The van der Waals surface area contributed by atoms with Crippen molar-refractivity contribution in [2.45, 2.75) is 46.0 Å². The second-order valence-electron chi connectivity index (χ2n) is 8.91. The number of hydrogen-bond acceptors (Lipinski definition) is 5. The van der Waals surface area contributed by atoms with Gasteiger partial charge < -0.3 is 9.64 Å². The molecule has 0 unspecified atom stereocenters. The zero-order valence-corrected chi connectivity index (χ0v) is 20.4. The highest BCUT2D eigenvalue weighted by molar-refractivity contribution is 5.80. The molecule has 0 saturated heterocycles. The summed E-state index contributed by atoms with van der Waals surface area (Å²) in [6.45, 7) is 6.11. The van der Waals surface area contributed by atoms with Crippen molar-refractivity contribution in [1.29, 1.82) is 0 Å². The standard InChI is InChI=1S/C29H33N3O2/c1-21-11-15-23(16-12-21)27-28(24-17-13-22(2)14-18-24)31-29-25(30-27)9-8-20-32(29)19-7-5-4-6-10-26(33)34-3/h4,6,11-18H,5,7-10,19-20H2,1-3H3/b6-4+. The van der Waals surface area contributed by atoms with E-state index in [1.54, 1.807) is 0 Å². The van der Waals surface area contributed by atoms with Crippen LogP contribution in [-0.2, 0) is 16.0 Å². The van der Waals surface area contributed by atoms with Gasteiger partial charge in [0.25, 0.3) is 0 Å². The molecule has 2 heterocycles. The molecule has 176 valence electrons. The average molecular weight is 456 g/mol. The summed E-state index contributed by atoms with van der Waals surface area (Å²) in [5.41, 5.74) is 7.63. The zero-order chi connectivity index (χ0) is 23.9. The van der Waals surface area contributed by atoms with Crippen molar-refractivity contribution in [1.82, 2.24) is 9.97 Å². The highest BCUT2D eigenvalue weighted by atomic mass is 16.5. The SMILES string of the molecule is COC(=O)C/C=C/CCCN1CCCc2nc(-c3ccc(C)cc3)c(-c3ccc(C)cc3)nc21. The number of aryl methyl sites for hydroxylation is 3. The Hall–Kier alpha value is -3.47. The topological polar surface area (TPSA) is 55.3 Å². The van der Waals surface area contributed by atoms with Gasteiger partial charge in [-0.3, -0.25) is 4.79 Å². The molecule has 0 saturated carbocycles. The number of carbonyl (C=O) groups is 1. The third kappa shape index (κ3) is 5.71. The number of allylic oxidation sites excluding steroid dienone is 1. The Labute approximate surface area is 202 Å². The van der Waals surface area contributed by atoms with E-state index in [2.05, 4.69) is 78.1 Å². The molecular weight excluding hydrogens is 422 g/mol. The van der Waals surface area contributed by atoms with Crippen LogP contribution in [0.4, 0.5) is 5.82 Å². The van der Waals surface area contributed by atoms with Gasteiger partial charge in [0.05, 0.1) is 30.6 Å². The first-order chi connectivity index (χ1) is 16.5. The number of anilines is 1. The van der Waals surface area contributed by atoms with Gasteiger partial charge in [0, 0.05) is 24.2 Å². The predicted octanol–water partition coefficient (Wildman–Crippen LogP) is 6.08. The van der Waals surface area contributed by atoms with E-state index in [9.17, 15) is 4.79 Å². The van der Waals surface area contributed by atoms with Crippen LogP contribution in [0.5, 0.6) is 0 Å². The van der Waals surface area contributed by atoms with Crippen LogP contribution in [0.1, 0.15) is 42.5 Å². The molecule has 4 rings (SSSR count). The fourth-order valence-electron chi connectivity index (χ4n) is 4.25. The van der Waals surface area contributed by atoms with Crippen molar-refractivity contribution in [2.75, 3.05) is 25.1 Å². The third-order valence-corrected chi connectivity index (χ3v) is 6.22. The number of rotatable bonds is 8. The van der Waals surface area contributed by atoms with Gasteiger partial charge in [-0.25, -0.2) is 9.97 Å². The maximum atomic E-state index is 11.2. The number of carbonyl (C=O) groups excluding carboxylic acids is 1. The summed E-state index contributed by atoms with van der Waals surface area (Å²) in [5, 5.41) is 0. The number of methoxy groups -OCH3 is 1. The third-order valence-electron chi connectivity index (χ3n) is 6.22. The minimum atomic E-state index is -0.204. The van der Waals surface area contributed by atoms with Crippen LogP contribution in [0.25, 0.3) is 22.5 Å². The molecule has 5 nitrogen and oxygen atoms in total. The molecule has 1 aliphatic heterocycles. The Kier molecular flexibility index (Phi) is 7.73. The maximum Gasteiger partial charge on any atom is 0.309 e. The normalized spacial score (nSPS) is 13.2. The molecule has 0 aliphatic carbocycles. The Morgan fingerprint density at radius 2 is 1.56 bits per heavy atom. The second kappa shape index (κ2) is 11.1.